The van der Waals surface area contributed by atoms with Gasteiger partial charge in [0.25, 0.3) is 0 Å². The normalized spacial score (nSPS) is 16.2. The molecule has 0 fully saturated rings. The SMILES string of the molecule is FC(F)(F)COC(Cl)C(F)(F)F. The first-order chi connectivity index (χ1) is 5.13. The fraction of sp³-hybridized carbons (Fsp3) is 1.00. The molecule has 1 nitrogen and oxygen atoms in total. The second-order valence-corrected chi connectivity index (χ2v) is 2.18. The Morgan fingerprint density at radius 1 is 1.08 bits per heavy atom. The van der Waals surface area contributed by atoms with Gasteiger partial charge in [0, 0.05) is 0 Å². The van der Waals surface area contributed by atoms with E-state index in [2.05, 4.69) is 16.3 Å². The van der Waals surface area contributed by atoms with E-state index in [4.69, 9.17) is 0 Å². The van der Waals surface area contributed by atoms with Gasteiger partial charge in [-0.1, -0.05) is 11.6 Å². The summed E-state index contributed by atoms with van der Waals surface area (Å²) in [7, 11) is 0. The van der Waals surface area contributed by atoms with Gasteiger partial charge in [0.2, 0.25) is 5.56 Å². The Bertz CT molecular complexity index is 139. The second-order valence-electron chi connectivity index (χ2n) is 1.78. The lowest BCUT2D eigenvalue weighted by atomic mass is 10.6. The van der Waals surface area contributed by atoms with E-state index in [9.17, 15) is 26.3 Å². The van der Waals surface area contributed by atoms with E-state index in [0.717, 1.165) is 0 Å². The van der Waals surface area contributed by atoms with Gasteiger partial charge in [-0.2, -0.15) is 26.3 Å². The molecule has 8 heteroatoms. The van der Waals surface area contributed by atoms with Crippen molar-refractivity contribution in [3.05, 3.63) is 0 Å². The smallest absolute Gasteiger partial charge is 0.344 e. The highest BCUT2D eigenvalue weighted by Crippen LogP contribution is 2.27. The highest BCUT2D eigenvalue weighted by Gasteiger charge is 2.41. The molecule has 0 aromatic rings. The molecule has 0 aromatic carbocycles. The first-order valence-electron chi connectivity index (χ1n) is 2.52. The standard InChI is InChI=1S/C4H3ClF6O/c5-2(4(9,10)11)12-1-3(6,7)8/h2H,1H2. The van der Waals surface area contributed by atoms with Crippen molar-refractivity contribution in [3.8, 4) is 0 Å². The van der Waals surface area contributed by atoms with E-state index < -0.39 is 24.5 Å². The summed E-state index contributed by atoms with van der Waals surface area (Å²) >= 11 is 4.42. The highest BCUT2D eigenvalue weighted by molar-refractivity contribution is 6.20. The zero-order chi connectivity index (χ0) is 9.99. The molecule has 0 saturated heterocycles. The lowest BCUT2D eigenvalue weighted by molar-refractivity contribution is -0.232. The average Bonchev–Trinajstić information content (AvgIpc) is 1.78. The van der Waals surface area contributed by atoms with Crippen LogP contribution in [0.2, 0.25) is 0 Å². The molecule has 0 heterocycles. The summed E-state index contributed by atoms with van der Waals surface area (Å²) in [4.78, 5) is 0. The third-order valence-corrected chi connectivity index (χ3v) is 1.02. The summed E-state index contributed by atoms with van der Waals surface area (Å²) < 4.78 is 71.2. The van der Waals surface area contributed by atoms with Crippen LogP contribution >= 0.6 is 11.6 Å². The zero-order valence-corrected chi connectivity index (χ0v) is 6.09. The Labute approximate surface area is 68.2 Å². The quantitative estimate of drug-likeness (QED) is 0.509. The van der Waals surface area contributed by atoms with Gasteiger partial charge in [0.1, 0.15) is 6.61 Å². The first kappa shape index (κ1) is 11.8. The lowest BCUT2D eigenvalue weighted by Gasteiger charge is -2.15. The molecule has 0 aliphatic rings. The molecule has 0 radical (unpaired) electrons. The zero-order valence-electron chi connectivity index (χ0n) is 5.34. The summed E-state index contributed by atoms with van der Waals surface area (Å²) in [6, 6.07) is 0. The van der Waals surface area contributed by atoms with E-state index in [0.29, 0.717) is 0 Å². The summed E-state index contributed by atoms with van der Waals surface area (Å²) in [5, 5.41) is 0. The average molecular weight is 217 g/mol. The molecule has 1 atom stereocenters. The van der Waals surface area contributed by atoms with Crippen LogP contribution in [0.25, 0.3) is 0 Å². The van der Waals surface area contributed by atoms with Crippen LogP contribution in [0.1, 0.15) is 0 Å². The molecule has 0 bridgehead atoms. The number of halogens is 7. The number of hydrogen-bond donors (Lipinski definition) is 0. The van der Waals surface area contributed by atoms with E-state index in [1.54, 1.807) is 0 Å². The van der Waals surface area contributed by atoms with Crippen LogP contribution in [-0.2, 0) is 4.74 Å². The summed E-state index contributed by atoms with van der Waals surface area (Å²) in [6.45, 7) is -2.01. The van der Waals surface area contributed by atoms with E-state index in [1.807, 2.05) is 0 Å². The van der Waals surface area contributed by atoms with Gasteiger partial charge in [0.15, 0.2) is 0 Å². The fourth-order valence-corrected chi connectivity index (χ4v) is 0.325. The third kappa shape index (κ3) is 5.48. The number of rotatable bonds is 2. The fourth-order valence-electron chi connectivity index (χ4n) is 0.262. The van der Waals surface area contributed by atoms with Crippen molar-refractivity contribution < 1.29 is 31.1 Å². The Kier molecular flexibility index (Phi) is 3.64. The Morgan fingerprint density at radius 3 is 1.75 bits per heavy atom. The van der Waals surface area contributed by atoms with E-state index in [1.165, 1.54) is 0 Å². The van der Waals surface area contributed by atoms with Gasteiger partial charge in [-0.3, -0.25) is 0 Å². The van der Waals surface area contributed by atoms with Gasteiger partial charge in [-0.15, -0.1) is 0 Å². The molecule has 0 rings (SSSR count). The van der Waals surface area contributed by atoms with Crippen molar-refractivity contribution in [2.24, 2.45) is 0 Å². The van der Waals surface area contributed by atoms with Gasteiger partial charge >= 0.3 is 12.4 Å². The molecule has 0 aromatic heterocycles. The highest BCUT2D eigenvalue weighted by atomic mass is 35.5. The van der Waals surface area contributed by atoms with Crippen LogP contribution < -0.4 is 0 Å². The van der Waals surface area contributed by atoms with E-state index in [-0.39, 0.29) is 0 Å². The predicted octanol–water partition coefficient (Wildman–Crippen LogP) is 2.69. The number of ether oxygens (including phenoxy) is 1. The molecule has 0 amide bonds. The molecule has 0 N–H and O–H groups in total. The van der Waals surface area contributed by atoms with Crippen LogP contribution in [-0.4, -0.2) is 24.5 Å². The maximum absolute atomic E-state index is 11.4. The first-order valence-corrected chi connectivity index (χ1v) is 2.96. The Morgan fingerprint density at radius 2 is 1.50 bits per heavy atom. The van der Waals surface area contributed by atoms with Crippen molar-refractivity contribution in [2.75, 3.05) is 6.61 Å². The molecule has 1 unspecified atom stereocenters. The molecule has 12 heavy (non-hydrogen) atoms. The second kappa shape index (κ2) is 3.69. The molecule has 0 spiro atoms. The summed E-state index contributed by atoms with van der Waals surface area (Å²) in [5.74, 6) is 0. The predicted molar refractivity (Wildman–Crippen MR) is 27.7 cm³/mol. The minimum Gasteiger partial charge on any atom is -0.344 e. The topological polar surface area (TPSA) is 9.23 Å². The maximum Gasteiger partial charge on any atom is 0.428 e. The summed E-state index contributed by atoms with van der Waals surface area (Å²) in [6.07, 6.45) is -9.79. The van der Waals surface area contributed by atoms with Crippen LogP contribution in [0, 0.1) is 0 Å². The Hall–Kier alpha value is -0.170. The van der Waals surface area contributed by atoms with Gasteiger partial charge in [0.05, 0.1) is 0 Å². The van der Waals surface area contributed by atoms with Crippen molar-refractivity contribution in [1.82, 2.24) is 0 Å². The minimum atomic E-state index is -4.98. The van der Waals surface area contributed by atoms with Crippen LogP contribution in [0.5, 0.6) is 0 Å². The van der Waals surface area contributed by atoms with Crippen molar-refractivity contribution in [2.45, 2.75) is 17.9 Å². The van der Waals surface area contributed by atoms with Gasteiger partial charge in [-0.05, 0) is 0 Å². The third-order valence-electron chi connectivity index (χ3n) is 0.651. The van der Waals surface area contributed by atoms with Crippen molar-refractivity contribution in [1.29, 1.82) is 0 Å². The van der Waals surface area contributed by atoms with Crippen molar-refractivity contribution >= 4 is 11.6 Å². The number of alkyl halides is 7. The van der Waals surface area contributed by atoms with Gasteiger partial charge < -0.3 is 4.74 Å². The van der Waals surface area contributed by atoms with Crippen LogP contribution in [0.15, 0.2) is 0 Å². The summed E-state index contributed by atoms with van der Waals surface area (Å²) in [5.41, 5.74) is -2.92. The van der Waals surface area contributed by atoms with Crippen LogP contribution in [0.3, 0.4) is 0 Å². The van der Waals surface area contributed by atoms with Gasteiger partial charge in [-0.25, -0.2) is 0 Å². The largest absolute Gasteiger partial charge is 0.428 e. The Balaban J connectivity index is 3.80. The molecule has 0 aliphatic heterocycles. The molecule has 74 valence electrons. The van der Waals surface area contributed by atoms with E-state index >= 15 is 0 Å². The molecular weight excluding hydrogens is 213 g/mol. The number of hydrogen-bond acceptors (Lipinski definition) is 1. The molecular formula is C4H3ClF6O. The van der Waals surface area contributed by atoms with Crippen molar-refractivity contribution in [3.63, 3.8) is 0 Å². The maximum atomic E-state index is 11.4. The molecule has 0 aliphatic carbocycles. The minimum absolute atomic E-state index is 2.01. The van der Waals surface area contributed by atoms with Crippen LogP contribution in [0.4, 0.5) is 26.3 Å². The monoisotopic (exact) mass is 216 g/mol. The molecule has 0 saturated carbocycles. The lowest BCUT2D eigenvalue weighted by Crippen LogP contribution is -2.30.